The highest BCUT2D eigenvalue weighted by Crippen LogP contribution is 2.42. The van der Waals surface area contributed by atoms with Crippen LogP contribution in [0.2, 0.25) is 0 Å². The third-order valence-corrected chi connectivity index (χ3v) is 4.71. The van der Waals surface area contributed by atoms with Crippen molar-refractivity contribution >= 4 is 34.7 Å². The number of nitrogens with zero attached hydrogens (tertiary/aromatic N) is 4. The predicted octanol–water partition coefficient (Wildman–Crippen LogP) is -0.652. The van der Waals surface area contributed by atoms with Crippen LogP contribution in [0.1, 0.15) is 11.8 Å². The molecule has 0 spiro atoms. The summed E-state index contributed by atoms with van der Waals surface area (Å²) in [7, 11) is 0. The van der Waals surface area contributed by atoms with Crippen molar-refractivity contribution in [1.29, 1.82) is 0 Å². The molecule has 3 atom stereocenters. The molecule has 0 aromatic carbocycles. The number of thioether (sulfide) groups is 1. The minimum Gasteiger partial charge on any atom is -0.395 e. The molecule has 0 radical (unpaired) electrons. The molecule has 0 unspecified atom stereocenters. The van der Waals surface area contributed by atoms with Gasteiger partial charge in [0.2, 0.25) is 5.95 Å². The number of aliphatic hydroxyl groups excluding tert-OH is 2. The van der Waals surface area contributed by atoms with E-state index in [-0.39, 0.29) is 29.0 Å². The molecule has 0 aliphatic carbocycles. The SMILES string of the molecule is Nc1nc(N)c2ncn([C@H]3C[C@H](O)[C@@H](CO)S3)c2n1. The lowest BCUT2D eigenvalue weighted by atomic mass is 10.2. The van der Waals surface area contributed by atoms with Gasteiger partial charge >= 0.3 is 0 Å². The van der Waals surface area contributed by atoms with E-state index in [2.05, 4.69) is 15.0 Å². The van der Waals surface area contributed by atoms with Gasteiger partial charge in [-0.1, -0.05) is 0 Å². The van der Waals surface area contributed by atoms with Crippen molar-refractivity contribution in [2.75, 3.05) is 18.1 Å². The molecule has 2 aromatic rings. The molecule has 0 amide bonds. The first-order valence-electron chi connectivity index (χ1n) is 5.80. The Hall–Kier alpha value is -1.58. The number of aliphatic hydroxyl groups is 2. The molecule has 6 N–H and O–H groups in total. The Labute approximate surface area is 112 Å². The number of nitrogen functional groups attached to an aromatic ring is 2. The Morgan fingerprint density at radius 3 is 2.89 bits per heavy atom. The van der Waals surface area contributed by atoms with Crippen molar-refractivity contribution in [3.05, 3.63) is 6.33 Å². The number of hydrogen-bond donors (Lipinski definition) is 4. The minimum absolute atomic E-state index is 0.0501. The second-order valence-electron chi connectivity index (χ2n) is 4.41. The molecule has 102 valence electrons. The maximum atomic E-state index is 9.84. The van der Waals surface area contributed by atoms with Crippen LogP contribution in [0.5, 0.6) is 0 Å². The Morgan fingerprint density at radius 2 is 2.21 bits per heavy atom. The molecule has 1 aliphatic rings. The number of anilines is 2. The van der Waals surface area contributed by atoms with Crippen molar-refractivity contribution in [2.24, 2.45) is 0 Å². The highest BCUT2D eigenvalue weighted by molar-refractivity contribution is 8.00. The van der Waals surface area contributed by atoms with E-state index >= 15 is 0 Å². The van der Waals surface area contributed by atoms with Crippen LogP contribution in [0, 0.1) is 0 Å². The fourth-order valence-electron chi connectivity index (χ4n) is 2.22. The van der Waals surface area contributed by atoms with Crippen LogP contribution >= 0.6 is 11.8 Å². The van der Waals surface area contributed by atoms with Gasteiger partial charge in [0.25, 0.3) is 0 Å². The smallest absolute Gasteiger partial charge is 0.224 e. The first-order valence-corrected chi connectivity index (χ1v) is 6.74. The Balaban J connectivity index is 2.02. The van der Waals surface area contributed by atoms with E-state index in [0.29, 0.717) is 17.6 Å². The number of fused-ring (bicyclic) bond motifs is 1. The van der Waals surface area contributed by atoms with Crippen LogP contribution in [-0.2, 0) is 0 Å². The Kier molecular flexibility index (Phi) is 2.96. The van der Waals surface area contributed by atoms with Crippen molar-refractivity contribution in [1.82, 2.24) is 19.5 Å². The van der Waals surface area contributed by atoms with E-state index in [1.807, 2.05) is 4.57 Å². The van der Waals surface area contributed by atoms with Gasteiger partial charge in [-0.05, 0) is 0 Å². The van der Waals surface area contributed by atoms with Crippen molar-refractivity contribution in [2.45, 2.75) is 23.1 Å². The summed E-state index contributed by atoms with van der Waals surface area (Å²) in [5.41, 5.74) is 12.4. The van der Waals surface area contributed by atoms with E-state index in [9.17, 15) is 10.2 Å². The summed E-state index contributed by atoms with van der Waals surface area (Å²) >= 11 is 1.48. The van der Waals surface area contributed by atoms with Crippen LogP contribution in [0.25, 0.3) is 11.2 Å². The quantitative estimate of drug-likeness (QED) is 0.570. The molecular weight excluding hydrogens is 268 g/mol. The summed E-state index contributed by atoms with van der Waals surface area (Å²) in [4.78, 5) is 12.2. The van der Waals surface area contributed by atoms with Crippen LogP contribution in [0.15, 0.2) is 6.33 Å². The summed E-state index contributed by atoms with van der Waals surface area (Å²) in [6.07, 6.45) is 1.58. The van der Waals surface area contributed by atoms with Gasteiger partial charge in [0.05, 0.1) is 29.7 Å². The molecule has 1 saturated heterocycles. The van der Waals surface area contributed by atoms with Crippen LogP contribution < -0.4 is 11.5 Å². The summed E-state index contributed by atoms with van der Waals surface area (Å²) < 4.78 is 1.81. The summed E-state index contributed by atoms with van der Waals surface area (Å²) in [6.45, 7) is -0.0613. The molecule has 1 fully saturated rings. The molecule has 3 heterocycles. The fraction of sp³-hybridized carbons (Fsp3) is 0.500. The van der Waals surface area contributed by atoms with Gasteiger partial charge in [-0.25, -0.2) is 4.98 Å². The topological polar surface area (TPSA) is 136 Å². The molecule has 19 heavy (non-hydrogen) atoms. The molecule has 0 saturated carbocycles. The van der Waals surface area contributed by atoms with Gasteiger partial charge in [0.15, 0.2) is 11.5 Å². The van der Waals surface area contributed by atoms with Crippen molar-refractivity contribution in [3.8, 4) is 0 Å². The molecular formula is C10H14N6O2S. The van der Waals surface area contributed by atoms with E-state index < -0.39 is 6.10 Å². The number of hydrogen-bond acceptors (Lipinski definition) is 8. The van der Waals surface area contributed by atoms with Crippen LogP contribution in [-0.4, -0.2) is 47.7 Å². The second kappa shape index (κ2) is 4.51. The number of imidazole rings is 1. The van der Waals surface area contributed by atoms with E-state index in [4.69, 9.17) is 11.5 Å². The van der Waals surface area contributed by atoms with Gasteiger partial charge in [-0.2, -0.15) is 9.97 Å². The first-order chi connectivity index (χ1) is 9.10. The van der Waals surface area contributed by atoms with Gasteiger partial charge in [0.1, 0.15) is 5.52 Å². The average molecular weight is 282 g/mol. The fourth-order valence-corrected chi connectivity index (χ4v) is 3.59. The lowest BCUT2D eigenvalue weighted by molar-refractivity contribution is 0.138. The molecule has 1 aliphatic heterocycles. The van der Waals surface area contributed by atoms with E-state index in [1.54, 1.807) is 6.33 Å². The summed E-state index contributed by atoms with van der Waals surface area (Å²) in [5, 5.41) is 18.8. The molecule has 9 heteroatoms. The van der Waals surface area contributed by atoms with E-state index in [1.165, 1.54) is 11.8 Å². The zero-order valence-corrected chi connectivity index (χ0v) is 10.8. The van der Waals surface area contributed by atoms with Gasteiger partial charge in [-0.15, -0.1) is 11.8 Å². The zero-order chi connectivity index (χ0) is 13.6. The third kappa shape index (κ3) is 1.99. The highest BCUT2D eigenvalue weighted by atomic mass is 32.2. The second-order valence-corrected chi connectivity index (χ2v) is 5.83. The van der Waals surface area contributed by atoms with Crippen LogP contribution in [0.4, 0.5) is 11.8 Å². The van der Waals surface area contributed by atoms with Gasteiger partial charge in [-0.3, -0.25) is 0 Å². The normalized spacial score (nSPS) is 27.2. The lowest BCUT2D eigenvalue weighted by Crippen LogP contribution is -2.20. The Morgan fingerprint density at radius 1 is 1.42 bits per heavy atom. The van der Waals surface area contributed by atoms with Gasteiger partial charge in [0, 0.05) is 6.42 Å². The summed E-state index contributed by atoms with van der Waals surface area (Å²) in [6, 6.07) is 0. The lowest BCUT2D eigenvalue weighted by Gasteiger charge is -2.11. The maximum absolute atomic E-state index is 9.84. The molecule has 3 rings (SSSR count). The summed E-state index contributed by atoms with van der Waals surface area (Å²) in [5.74, 6) is 0.331. The standard InChI is InChI=1S/C10H14N6O2S/c11-8-7-9(15-10(12)14-8)16(3-13-7)6-1-4(18)5(2-17)19-6/h3-6,17-18H,1-2H2,(H4,11,12,14,15)/t4-,5+,6+/m0/s1. The number of rotatable bonds is 2. The number of aromatic nitrogens is 4. The monoisotopic (exact) mass is 282 g/mol. The Bertz CT molecular complexity index is 617. The average Bonchev–Trinajstić information content (AvgIpc) is 2.92. The zero-order valence-electron chi connectivity index (χ0n) is 9.97. The van der Waals surface area contributed by atoms with Crippen LogP contribution in [0.3, 0.4) is 0 Å². The highest BCUT2D eigenvalue weighted by Gasteiger charge is 2.35. The van der Waals surface area contributed by atoms with E-state index in [0.717, 1.165) is 0 Å². The molecule has 2 aromatic heterocycles. The van der Waals surface area contributed by atoms with Crippen molar-refractivity contribution < 1.29 is 10.2 Å². The first kappa shape index (κ1) is 12.5. The largest absolute Gasteiger partial charge is 0.395 e. The molecule has 8 nitrogen and oxygen atoms in total. The third-order valence-electron chi connectivity index (χ3n) is 3.16. The number of nitrogens with two attached hydrogens (primary N) is 2. The maximum Gasteiger partial charge on any atom is 0.224 e. The predicted molar refractivity (Wildman–Crippen MR) is 72.3 cm³/mol. The van der Waals surface area contributed by atoms with Gasteiger partial charge < -0.3 is 26.2 Å². The molecule has 0 bridgehead atoms. The van der Waals surface area contributed by atoms with Crippen molar-refractivity contribution in [3.63, 3.8) is 0 Å². The minimum atomic E-state index is -0.547.